The molecular weight excluding hydrogens is 364 g/mol. The molecule has 1 aliphatic rings. The molecule has 4 rings (SSSR count). The van der Waals surface area contributed by atoms with Crippen LogP contribution in [0.15, 0.2) is 65.4 Å². The molecule has 0 aliphatic carbocycles. The van der Waals surface area contributed by atoms with Crippen molar-refractivity contribution in [2.75, 3.05) is 18.0 Å². The molecule has 0 radical (unpaired) electrons. The van der Waals surface area contributed by atoms with Crippen LogP contribution in [0.2, 0.25) is 0 Å². The van der Waals surface area contributed by atoms with E-state index in [1.807, 2.05) is 48.5 Å². The zero-order chi connectivity index (χ0) is 20.1. The number of anilines is 1. The Balaban J connectivity index is 1.35. The summed E-state index contributed by atoms with van der Waals surface area (Å²) in [6.07, 6.45) is 5.96. The standard InChI is InChI=1S/C23H26N4O2/c1-2-19(17-7-4-3-5-8-17)22(28)25-18-11-14-27(15-12-18)23-24-13-10-20(26-23)21-9-6-16-29-21/h3-10,13,16,18-19H,2,11-12,14-15H2,1H3,(H,25,28)/t19-/m1/s1. The average molecular weight is 390 g/mol. The molecule has 29 heavy (non-hydrogen) atoms. The van der Waals surface area contributed by atoms with Crippen LogP contribution in [0.5, 0.6) is 0 Å². The van der Waals surface area contributed by atoms with Crippen molar-refractivity contribution in [2.45, 2.75) is 38.1 Å². The minimum absolute atomic E-state index is 0.0949. The van der Waals surface area contributed by atoms with Crippen molar-refractivity contribution in [1.29, 1.82) is 0 Å². The van der Waals surface area contributed by atoms with Crippen LogP contribution >= 0.6 is 0 Å². The molecule has 6 heteroatoms. The molecule has 2 aromatic heterocycles. The van der Waals surface area contributed by atoms with Gasteiger partial charge in [0.1, 0.15) is 5.69 Å². The molecule has 0 saturated carbocycles. The maximum absolute atomic E-state index is 12.8. The Morgan fingerprint density at radius 3 is 2.66 bits per heavy atom. The number of amides is 1. The molecule has 1 fully saturated rings. The maximum atomic E-state index is 12.8. The van der Waals surface area contributed by atoms with E-state index in [1.54, 1.807) is 12.5 Å². The minimum Gasteiger partial charge on any atom is -0.463 e. The molecule has 150 valence electrons. The summed E-state index contributed by atoms with van der Waals surface area (Å²) in [5.74, 6) is 1.47. The van der Waals surface area contributed by atoms with Gasteiger partial charge in [-0.05, 0) is 43.0 Å². The number of rotatable bonds is 6. The SMILES string of the molecule is CC[C@@H](C(=O)NC1CCN(c2nccc(-c3ccco3)n2)CC1)c1ccccc1. The van der Waals surface area contributed by atoms with E-state index >= 15 is 0 Å². The van der Waals surface area contributed by atoms with Crippen molar-refractivity contribution in [3.63, 3.8) is 0 Å². The third-order valence-corrected chi connectivity index (χ3v) is 5.47. The summed E-state index contributed by atoms with van der Waals surface area (Å²) in [6, 6.07) is 15.8. The highest BCUT2D eigenvalue weighted by Crippen LogP contribution is 2.23. The largest absolute Gasteiger partial charge is 0.463 e. The van der Waals surface area contributed by atoms with Gasteiger partial charge in [-0.25, -0.2) is 9.97 Å². The zero-order valence-corrected chi connectivity index (χ0v) is 16.6. The molecule has 0 spiro atoms. The summed E-state index contributed by atoms with van der Waals surface area (Å²) in [5.41, 5.74) is 1.86. The van der Waals surface area contributed by atoms with Crippen molar-refractivity contribution < 1.29 is 9.21 Å². The number of aromatic nitrogens is 2. The summed E-state index contributed by atoms with van der Waals surface area (Å²) in [5, 5.41) is 3.25. The fourth-order valence-electron chi connectivity index (χ4n) is 3.85. The second-order valence-electron chi connectivity index (χ2n) is 7.36. The molecule has 3 heterocycles. The van der Waals surface area contributed by atoms with Gasteiger partial charge in [0, 0.05) is 25.3 Å². The number of piperidine rings is 1. The fourth-order valence-corrected chi connectivity index (χ4v) is 3.85. The number of furan rings is 1. The van der Waals surface area contributed by atoms with Gasteiger partial charge < -0.3 is 14.6 Å². The zero-order valence-electron chi connectivity index (χ0n) is 16.6. The van der Waals surface area contributed by atoms with Crippen molar-refractivity contribution >= 4 is 11.9 Å². The fraction of sp³-hybridized carbons (Fsp3) is 0.348. The second kappa shape index (κ2) is 8.90. The van der Waals surface area contributed by atoms with Crippen LogP contribution in [0.25, 0.3) is 11.5 Å². The van der Waals surface area contributed by atoms with Gasteiger partial charge in [0.2, 0.25) is 11.9 Å². The van der Waals surface area contributed by atoms with E-state index in [0.717, 1.165) is 49.4 Å². The van der Waals surface area contributed by atoms with Crippen molar-refractivity contribution in [1.82, 2.24) is 15.3 Å². The third-order valence-electron chi connectivity index (χ3n) is 5.47. The van der Waals surface area contributed by atoms with Gasteiger partial charge in [0.25, 0.3) is 0 Å². The number of hydrogen-bond donors (Lipinski definition) is 1. The van der Waals surface area contributed by atoms with Crippen LogP contribution in [0.4, 0.5) is 5.95 Å². The Kier molecular flexibility index (Phi) is 5.89. The van der Waals surface area contributed by atoms with E-state index in [2.05, 4.69) is 27.1 Å². The first kappa shape index (κ1) is 19.2. The van der Waals surface area contributed by atoms with Crippen LogP contribution in [-0.4, -0.2) is 35.0 Å². The molecule has 1 atom stereocenters. The summed E-state index contributed by atoms with van der Waals surface area (Å²) in [6.45, 7) is 3.69. The van der Waals surface area contributed by atoms with E-state index in [4.69, 9.17) is 4.42 Å². The second-order valence-corrected chi connectivity index (χ2v) is 7.36. The number of carbonyl (C=O) groups is 1. The highest BCUT2D eigenvalue weighted by Gasteiger charge is 2.26. The quantitative estimate of drug-likeness (QED) is 0.688. The predicted molar refractivity (Wildman–Crippen MR) is 113 cm³/mol. The van der Waals surface area contributed by atoms with Gasteiger partial charge in [-0.1, -0.05) is 37.3 Å². The van der Waals surface area contributed by atoms with Gasteiger partial charge in [-0.2, -0.15) is 0 Å². The van der Waals surface area contributed by atoms with Gasteiger partial charge >= 0.3 is 0 Å². The Morgan fingerprint density at radius 2 is 1.97 bits per heavy atom. The van der Waals surface area contributed by atoms with Crippen LogP contribution in [0.1, 0.15) is 37.7 Å². The third kappa shape index (κ3) is 4.47. The molecule has 1 saturated heterocycles. The lowest BCUT2D eigenvalue weighted by Gasteiger charge is -2.33. The van der Waals surface area contributed by atoms with Gasteiger partial charge in [0.15, 0.2) is 5.76 Å². The van der Waals surface area contributed by atoms with Crippen LogP contribution < -0.4 is 10.2 Å². The lowest BCUT2D eigenvalue weighted by molar-refractivity contribution is -0.123. The average Bonchev–Trinajstić information content (AvgIpc) is 3.31. The van der Waals surface area contributed by atoms with Gasteiger partial charge in [-0.15, -0.1) is 0 Å². The van der Waals surface area contributed by atoms with Crippen molar-refractivity contribution in [3.05, 3.63) is 66.6 Å². The Morgan fingerprint density at radius 1 is 1.17 bits per heavy atom. The summed E-state index contributed by atoms with van der Waals surface area (Å²) >= 11 is 0. The van der Waals surface area contributed by atoms with E-state index in [1.165, 1.54) is 0 Å². The highest BCUT2D eigenvalue weighted by molar-refractivity contribution is 5.83. The Hall–Kier alpha value is -3.15. The monoisotopic (exact) mass is 390 g/mol. The molecule has 6 nitrogen and oxygen atoms in total. The summed E-state index contributed by atoms with van der Waals surface area (Å²) in [4.78, 5) is 24.0. The number of benzene rings is 1. The molecule has 3 aromatic rings. The Bertz CT molecular complexity index is 919. The molecule has 0 bridgehead atoms. The van der Waals surface area contributed by atoms with E-state index in [-0.39, 0.29) is 17.9 Å². The lowest BCUT2D eigenvalue weighted by atomic mass is 9.94. The molecule has 1 amide bonds. The van der Waals surface area contributed by atoms with Crippen LogP contribution in [0, 0.1) is 0 Å². The smallest absolute Gasteiger partial charge is 0.227 e. The van der Waals surface area contributed by atoms with Crippen LogP contribution in [0.3, 0.4) is 0 Å². The highest BCUT2D eigenvalue weighted by atomic mass is 16.3. The Labute approximate surface area is 171 Å². The summed E-state index contributed by atoms with van der Waals surface area (Å²) < 4.78 is 5.44. The normalized spacial score (nSPS) is 15.8. The number of nitrogens with zero attached hydrogens (tertiary/aromatic N) is 3. The van der Waals surface area contributed by atoms with Crippen LogP contribution in [-0.2, 0) is 4.79 Å². The molecule has 0 unspecified atom stereocenters. The number of hydrogen-bond acceptors (Lipinski definition) is 5. The number of nitrogens with one attached hydrogen (secondary N) is 1. The molecule has 1 aliphatic heterocycles. The van der Waals surface area contributed by atoms with E-state index in [9.17, 15) is 4.79 Å². The topological polar surface area (TPSA) is 71.3 Å². The number of carbonyl (C=O) groups excluding carboxylic acids is 1. The van der Waals surface area contributed by atoms with Gasteiger partial charge in [0.05, 0.1) is 12.2 Å². The molecule has 1 N–H and O–H groups in total. The van der Waals surface area contributed by atoms with E-state index < -0.39 is 0 Å². The first-order chi connectivity index (χ1) is 14.2. The van der Waals surface area contributed by atoms with Crippen molar-refractivity contribution in [3.8, 4) is 11.5 Å². The molecular formula is C23H26N4O2. The maximum Gasteiger partial charge on any atom is 0.227 e. The molecule has 1 aromatic carbocycles. The lowest BCUT2D eigenvalue weighted by Crippen LogP contribution is -2.46. The minimum atomic E-state index is -0.0949. The summed E-state index contributed by atoms with van der Waals surface area (Å²) in [7, 11) is 0. The van der Waals surface area contributed by atoms with Crippen molar-refractivity contribution in [2.24, 2.45) is 0 Å². The van der Waals surface area contributed by atoms with E-state index in [0.29, 0.717) is 5.95 Å². The first-order valence-corrected chi connectivity index (χ1v) is 10.2. The predicted octanol–water partition coefficient (Wildman–Crippen LogP) is 4.02. The van der Waals surface area contributed by atoms with Gasteiger partial charge in [-0.3, -0.25) is 4.79 Å². The first-order valence-electron chi connectivity index (χ1n) is 10.2.